The minimum absolute atomic E-state index is 0.0548. The summed E-state index contributed by atoms with van der Waals surface area (Å²) in [5.74, 6) is -1.13. The Balaban J connectivity index is 2.04. The summed E-state index contributed by atoms with van der Waals surface area (Å²) >= 11 is 0. The first-order valence-corrected chi connectivity index (χ1v) is 5.96. The van der Waals surface area contributed by atoms with Crippen LogP contribution in [-0.2, 0) is 9.59 Å². The molecule has 1 saturated carbocycles. The number of β-amino-alcohol motifs (C(OH)–C–C–N with tert-alkyl or cyclic N) is 1. The number of rotatable bonds is 3. The standard InChI is InChI=1S/C11H18N2O4/c14-9-6-13(8(5-12-9)10(15)16)7-11(17)3-1-2-4-11/h8,17H,1-7H2,(H,12,14)(H,15,16). The quantitative estimate of drug-likeness (QED) is 0.601. The fourth-order valence-electron chi connectivity index (χ4n) is 2.67. The van der Waals surface area contributed by atoms with E-state index in [1.54, 1.807) is 4.90 Å². The third kappa shape index (κ3) is 2.76. The smallest absolute Gasteiger partial charge is 0.322 e. The molecule has 6 nitrogen and oxygen atoms in total. The molecule has 1 unspecified atom stereocenters. The summed E-state index contributed by atoms with van der Waals surface area (Å²) in [5.41, 5.74) is -0.814. The van der Waals surface area contributed by atoms with Crippen LogP contribution in [0.4, 0.5) is 0 Å². The number of aliphatic hydroxyl groups is 1. The highest BCUT2D eigenvalue weighted by molar-refractivity contribution is 5.83. The molecule has 1 aliphatic heterocycles. The summed E-state index contributed by atoms with van der Waals surface area (Å²) in [6, 6.07) is -0.725. The van der Waals surface area contributed by atoms with Crippen molar-refractivity contribution >= 4 is 11.9 Å². The van der Waals surface area contributed by atoms with E-state index < -0.39 is 17.6 Å². The first-order valence-electron chi connectivity index (χ1n) is 5.96. The van der Waals surface area contributed by atoms with E-state index >= 15 is 0 Å². The maximum Gasteiger partial charge on any atom is 0.322 e. The highest BCUT2D eigenvalue weighted by atomic mass is 16.4. The molecule has 1 atom stereocenters. The van der Waals surface area contributed by atoms with Crippen LogP contribution in [0, 0.1) is 0 Å². The Morgan fingerprint density at radius 3 is 2.71 bits per heavy atom. The van der Waals surface area contributed by atoms with Crippen molar-refractivity contribution in [3.8, 4) is 0 Å². The van der Waals surface area contributed by atoms with Gasteiger partial charge in [0.2, 0.25) is 5.91 Å². The maximum absolute atomic E-state index is 11.3. The predicted octanol–water partition coefficient (Wildman–Crippen LogP) is -0.823. The van der Waals surface area contributed by atoms with Crippen molar-refractivity contribution in [1.82, 2.24) is 10.2 Å². The van der Waals surface area contributed by atoms with Gasteiger partial charge in [0.25, 0.3) is 0 Å². The van der Waals surface area contributed by atoms with E-state index in [0.717, 1.165) is 12.8 Å². The minimum Gasteiger partial charge on any atom is -0.480 e. The van der Waals surface area contributed by atoms with E-state index in [9.17, 15) is 14.7 Å². The van der Waals surface area contributed by atoms with Crippen LogP contribution in [0.15, 0.2) is 0 Å². The van der Waals surface area contributed by atoms with Crippen molar-refractivity contribution in [2.75, 3.05) is 19.6 Å². The molecule has 96 valence electrons. The summed E-state index contributed by atoms with van der Waals surface area (Å²) in [6.45, 7) is 0.445. The monoisotopic (exact) mass is 242 g/mol. The molecule has 0 spiro atoms. The number of carbonyl (C=O) groups is 2. The molecule has 1 saturated heterocycles. The van der Waals surface area contributed by atoms with E-state index in [1.807, 2.05) is 0 Å². The first kappa shape index (κ1) is 12.3. The Bertz CT molecular complexity index is 325. The number of carbonyl (C=O) groups excluding carboxylic acids is 1. The SMILES string of the molecule is O=C1CN(CC2(O)CCCC2)C(C(=O)O)CN1. The van der Waals surface area contributed by atoms with Gasteiger partial charge in [-0.15, -0.1) is 0 Å². The number of nitrogens with one attached hydrogen (secondary N) is 1. The first-order chi connectivity index (χ1) is 8.00. The third-order valence-corrected chi connectivity index (χ3v) is 3.60. The van der Waals surface area contributed by atoms with Gasteiger partial charge < -0.3 is 15.5 Å². The molecule has 2 aliphatic rings. The van der Waals surface area contributed by atoms with Crippen LogP contribution in [0.1, 0.15) is 25.7 Å². The Morgan fingerprint density at radius 1 is 1.47 bits per heavy atom. The summed E-state index contributed by atoms with van der Waals surface area (Å²) < 4.78 is 0. The number of carboxylic acid groups (broad SMARTS) is 1. The van der Waals surface area contributed by atoms with Crippen molar-refractivity contribution in [2.45, 2.75) is 37.3 Å². The molecule has 17 heavy (non-hydrogen) atoms. The van der Waals surface area contributed by atoms with Crippen LogP contribution >= 0.6 is 0 Å². The molecule has 1 heterocycles. The van der Waals surface area contributed by atoms with Crippen LogP contribution in [-0.4, -0.2) is 58.3 Å². The molecule has 0 aromatic heterocycles. The lowest BCUT2D eigenvalue weighted by molar-refractivity contribution is -0.147. The van der Waals surface area contributed by atoms with Crippen LogP contribution in [0.5, 0.6) is 0 Å². The van der Waals surface area contributed by atoms with Gasteiger partial charge in [-0.05, 0) is 12.8 Å². The van der Waals surface area contributed by atoms with Gasteiger partial charge in [-0.3, -0.25) is 14.5 Å². The zero-order valence-electron chi connectivity index (χ0n) is 9.69. The van der Waals surface area contributed by atoms with Crippen LogP contribution in [0.3, 0.4) is 0 Å². The zero-order valence-corrected chi connectivity index (χ0v) is 9.69. The van der Waals surface area contributed by atoms with E-state index in [2.05, 4.69) is 5.32 Å². The van der Waals surface area contributed by atoms with Gasteiger partial charge >= 0.3 is 5.97 Å². The number of hydrogen-bond donors (Lipinski definition) is 3. The summed E-state index contributed by atoms with van der Waals surface area (Å²) in [4.78, 5) is 23.9. The topological polar surface area (TPSA) is 89.9 Å². The average molecular weight is 242 g/mol. The molecule has 2 fully saturated rings. The van der Waals surface area contributed by atoms with Gasteiger partial charge in [-0.25, -0.2) is 0 Å². The van der Waals surface area contributed by atoms with E-state index in [0.29, 0.717) is 12.8 Å². The number of nitrogens with zero attached hydrogens (tertiary/aromatic N) is 1. The summed E-state index contributed by atoms with van der Waals surface area (Å²) in [5, 5.41) is 21.9. The van der Waals surface area contributed by atoms with Gasteiger partial charge in [0.1, 0.15) is 6.04 Å². The van der Waals surface area contributed by atoms with Crippen molar-refractivity contribution in [3.63, 3.8) is 0 Å². The van der Waals surface area contributed by atoms with Gasteiger partial charge in [0, 0.05) is 13.1 Å². The molecule has 1 aliphatic carbocycles. The summed E-state index contributed by atoms with van der Waals surface area (Å²) in [7, 11) is 0. The lowest BCUT2D eigenvalue weighted by Crippen LogP contribution is -2.60. The molecule has 0 aromatic carbocycles. The largest absolute Gasteiger partial charge is 0.480 e. The lowest BCUT2D eigenvalue weighted by atomic mass is 10.00. The molecule has 0 radical (unpaired) electrons. The van der Waals surface area contributed by atoms with Crippen molar-refractivity contribution in [2.24, 2.45) is 0 Å². The number of aliphatic carboxylic acids is 1. The molecule has 0 bridgehead atoms. The molecular weight excluding hydrogens is 224 g/mol. The van der Waals surface area contributed by atoms with Crippen LogP contribution < -0.4 is 5.32 Å². The van der Waals surface area contributed by atoms with Gasteiger partial charge in [0.15, 0.2) is 0 Å². The van der Waals surface area contributed by atoms with Gasteiger partial charge in [-0.2, -0.15) is 0 Å². The highest BCUT2D eigenvalue weighted by Gasteiger charge is 2.39. The van der Waals surface area contributed by atoms with Crippen molar-refractivity contribution in [3.05, 3.63) is 0 Å². The van der Waals surface area contributed by atoms with E-state index in [1.165, 1.54) is 0 Å². The van der Waals surface area contributed by atoms with Crippen LogP contribution in [0.25, 0.3) is 0 Å². The number of hydrogen-bond acceptors (Lipinski definition) is 4. The average Bonchev–Trinajstić information content (AvgIpc) is 2.64. The second kappa shape index (κ2) is 4.62. The Labute approximate surface area is 99.6 Å². The predicted molar refractivity (Wildman–Crippen MR) is 59.4 cm³/mol. The third-order valence-electron chi connectivity index (χ3n) is 3.60. The van der Waals surface area contributed by atoms with Crippen molar-refractivity contribution in [1.29, 1.82) is 0 Å². The van der Waals surface area contributed by atoms with E-state index in [4.69, 9.17) is 5.11 Å². The zero-order chi connectivity index (χ0) is 12.5. The van der Waals surface area contributed by atoms with E-state index in [-0.39, 0.29) is 25.5 Å². The highest BCUT2D eigenvalue weighted by Crippen LogP contribution is 2.30. The molecule has 6 heteroatoms. The molecule has 0 aromatic rings. The van der Waals surface area contributed by atoms with Crippen molar-refractivity contribution < 1.29 is 19.8 Å². The molecular formula is C11H18N2O4. The number of carboxylic acids is 1. The van der Waals surface area contributed by atoms with Crippen LogP contribution in [0.2, 0.25) is 0 Å². The normalized spacial score (nSPS) is 29.0. The Hall–Kier alpha value is -1.14. The van der Waals surface area contributed by atoms with Gasteiger partial charge in [-0.1, -0.05) is 12.8 Å². The molecule has 3 N–H and O–H groups in total. The fraction of sp³-hybridized carbons (Fsp3) is 0.818. The second-order valence-electron chi connectivity index (χ2n) is 4.99. The van der Waals surface area contributed by atoms with Gasteiger partial charge in [0.05, 0.1) is 12.1 Å². The Morgan fingerprint density at radius 2 is 2.12 bits per heavy atom. The molecule has 2 rings (SSSR count). The molecule has 1 amide bonds. The lowest BCUT2D eigenvalue weighted by Gasteiger charge is -2.37. The maximum atomic E-state index is 11.3. The number of piperazine rings is 1. The second-order valence-corrected chi connectivity index (χ2v) is 4.99. The number of amides is 1. The Kier molecular flexibility index (Phi) is 3.35. The minimum atomic E-state index is -0.952. The fourth-order valence-corrected chi connectivity index (χ4v) is 2.67. The summed E-state index contributed by atoms with van der Waals surface area (Å²) in [6.07, 6.45) is 3.32.